The standard InChI is InChI=1S/C18H24N2O2S/c1-14(2)20(4)23(21,22)19-15(3)16-10-12-18(13-11-16)17-8-6-5-7-9-17/h5-15,19H,1-4H3/t15-/m1/s1. The Kier molecular flexibility index (Phi) is 5.57. The first kappa shape index (κ1) is 17.7. The van der Waals surface area contributed by atoms with Crippen LogP contribution in [-0.4, -0.2) is 25.8 Å². The number of rotatable bonds is 6. The van der Waals surface area contributed by atoms with Crippen LogP contribution in [-0.2, 0) is 10.2 Å². The molecule has 0 fully saturated rings. The van der Waals surface area contributed by atoms with Crippen LogP contribution in [0.3, 0.4) is 0 Å². The molecule has 124 valence electrons. The highest BCUT2D eigenvalue weighted by atomic mass is 32.2. The van der Waals surface area contributed by atoms with Crippen molar-refractivity contribution in [2.45, 2.75) is 32.9 Å². The molecule has 0 unspecified atom stereocenters. The molecular formula is C18H24N2O2S. The Hall–Kier alpha value is -1.69. The van der Waals surface area contributed by atoms with Gasteiger partial charge in [0.1, 0.15) is 0 Å². The molecule has 0 aromatic heterocycles. The number of nitrogens with zero attached hydrogens (tertiary/aromatic N) is 1. The van der Waals surface area contributed by atoms with Crippen LogP contribution in [0.25, 0.3) is 11.1 Å². The molecule has 0 saturated heterocycles. The van der Waals surface area contributed by atoms with Gasteiger partial charge in [0.2, 0.25) is 0 Å². The molecule has 2 aromatic carbocycles. The molecule has 0 bridgehead atoms. The molecule has 23 heavy (non-hydrogen) atoms. The molecule has 0 aliphatic heterocycles. The number of hydrogen-bond acceptors (Lipinski definition) is 2. The molecular weight excluding hydrogens is 308 g/mol. The van der Waals surface area contributed by atoms with Crippen molar-refractivity contribution in [1.29, 1.82) is 0 Å². The summed E-state index contributed by atoms with van der Waals surface area (Å²) in [4.78, 5) is 0. The third-order valence-electron chi connectivity index (χ3n) is 3.95. The van der Waals surface area contributed by atoms with Crippen molar-refractivity contribution >= 4 is 10.2 Å². The predicted octanol–water partition coefficient (Wildman–Crippen LogP) is 3.59. The first-order chi connectivity index (χ1) is 10.8. The van der Waals surface area contributed by atoms with Crippen LogP contribution in [0, 0.1) is 0 Å². The van der Waals surface area contributed by atoms with Crippen LogP contribution in [0.2, 0.25) is 0 Å². The third kappa shape index (κ3) is 4.41. The van der Waals surface area contributed by atoms with Gasteiger partial charge in [-0.05, 0) is 37.5 Å². The second kappa shape index (κ2) is 7.25. The number of benzene rings is 2. The Morgan fingerprint density at radius 1 is 0.870 bits per heavy atom. The van der Waals surface area contributed by atoms with E-state index >= 15 is 0 Å². The van der Waals surface area contributed by atoms with E-state index in [0.29, 0.717) is 0 Å². The van der Waals surface area contributed by atoms with Crippen molar-refractivity contribution in [3.63, 3.8) is 0 Å². The van der Waals surface area contributed by atoms with Gasteiger partial charge in [-0.25, -0.2) is 0 Å². The molecule has 4 nitrogen and oxygen atoms in total. The maximum Gasteiger partial charge on any atom is 0.279 e. The summed E-state index contributed by atoms with van der Waals surface area (Å²) in [7, 11) is -1.90. The summed E-state index contributed by atoms with van der Waals surface area (Å²) in [5, 5.41) is 0. The second-order valence-electron chi connectivity index (χ2n) is 5.94. The monoisotopic (exact) mass is 332 g/mol. The summed E-state index contributed by atoms with van der Waals surface area (Å²) >= 11 is 0. The van der Waals surface area contributed by atoms with E-state index < -0.39 is 10.2 Å². The zero-order valence-corrected chi connectivity index (χ0v) is 14.8. The van der Waals surface area contributed by atoms with Crippen LogP contribution < -0.4 is 4.72 Å². The van der Waals surface area contributed by atoms with Gasteiger partial charge < -0.3 is 0 Å². The molecule has 0 saturated carbocycles. The Morgan fingerprint density at radius 2 is 1.39 bits per heavy atom. The minimum atomic E-state index is -3.49. The molecule has 0 spiro atoms. The van der Waals surface area contributed by atoms with Crippen LogP contribution in [0.5, 0.6) is 0 Å². The van der Waals surface area contributed by atoms with Gasteiger partial charge in [0.05, 0.1) is 0 Å². The van der Waals surface area contributed by atoms with Crippen LogP contribution >= 0.6 is 0 Å². The molecule has 0 amide bonds. The van der Waals surface area contributed by atoms with E-state index in [1.807, 2.05) is 63.2 Å². The molecule has 1 atom stereocenters. The average Bonchev–Trinajstić information content (AvgIpc) is 2.54. The lowest BCUT2D eigenvalue weighted by Crippen LogP contribution is -2.42. The van der Waals surface area contributed by atoms with Crippen molar-refractivity contribution in [3.8, 4) is 11.1 Å². The third-order valence-corrected chi connectivity index (χ3v) is 5.78. The highest BCUT2D eigenvalue weighted by molar-refractivity contribution is 7.87. The first-order valence-corrected chi connectivity index (χ1v) is 9.16. The molecule has 5 heteroatoms. The average molecular weight is 332 g/mol. The van der Waals surface area contributed by atoms with Gasteiger partial charge in [-0.15, -0.1) is 0 Å². The van der Waals surface area contributed by atoms with Crippen molar-refractivity contribution in [2.24, 2.45) is 0 Å². The molecule has 1 N–H and O–H groups in total. The van der Waals surface area contributed by atoms with E-state index in [9.17, 15) is 8.42 Å². The lowest BCUT2D eigenvalue weighted by Gasteiger charge is -2.24. The zero-order valence-electron chi connectivity index (χ0n) is 14.0. The summed E-state index contributed by atoms with van der Waals surface area (Å²) in [6.07, 6.45) is 0. The van der Waals surface area contributed by atoms with Gasteiger partial charge in [-0.1, -0.05) is 54.6 Å². The van der Waals surface area contributed by atoms with E-state index in [1.165, 1.54) is 4.31 Å². The summed E-state index contributed by atoms with van der Waals surface area (Å²) in [6, 6.07) is 17.7. The van der Waals surface area contributed by atoms with Gasteiger partial charge in [-0.2, -0.15) is 17.4 Å². The smallest absolute Gasteiger partial charge is 0.195 e. The Morgan fingerprint density at radius 3 is 1.91 bits per heavy atom. The summed E-state index contributed by atoms with van der Waals surface area (Å²) in [5.41, 5.74) is 3.20. The lowest BCUT2D eigenvalue weighted by molar-refractivity contribution is 0.398. The fourth-order valence-electron chi connectivity index (χ4n) is 2.25. The molecule has 0 radical (unpaired) electrons. The molecule has 2 rings (SSSR count). The fourth-order valence-corrected chi connectivity index (χ4v) is 3.55. The maximum absolute atomic E-state index is 12.3. The predicted molar refractivity (Wildman–Crippen MR) is 95.2 cm³/mol. The Bertz CT molecular complexity index is 725. The van der Waals surface area contributed by atoms with Gasteiger partial charge in [0, 0.05) is 19.1 Å². The van der Waals surface area contributed by atoms with E-state index in [0.717, 1.165) is 16.7 Å². The Balaban J connectivity index is 2.13. The van der Waals surface area contributed by atoms with Crippen molar-refractivity contribution in [1.82, 2.24) is 9.03 Å². The topological polar surface area (TPSA) is 49.4 Å². The SMILES string of the molecule is CC(C)N(C)S(=O)(=O)N[C@H](C)c1ccc(-c2ccccc2)cc1. The van der Waals surface area contributed by atoms with Gasteiger partial charge in [0.25, 0.3) is 10.2 Å². The van der Waals surface area contributed by atoms with Gasteiger partial charge in [-0.3, -0.25) is 0 Å². The number of nitrogens with one attached hydrogen (secondary N) is 1. The molecule has 0 aliphatic rings. The zero-order chi connectivity index (χ0) is 17.0. The first-order valence-electron chi connectivity index (χ1n) is 7.72. The normalized spacial score (nSPS) is 13.5. The summed E-state index contributed by atoms with van der Waals surface area (Å²) in [5.74, 6) is 0. The van der Waals surface area contributed by atoms with Crippen LogP contribution in [0.15, 0.2) is 54.6 Å². The minimum absolute atomic E-state index is 0.0832. The number of hydrogen-bond donors (Lipinski definition) is 1. The van der Waals surface area contributed by atoms with Crippen LogP contribution in [0.1, 0.15) is 32.4 Å². The summed E-state index contributed by atoms with van der Waals surface area (Å²) < 4.78 is 28.6. The fraction of sp³-hybridized carbons (Fsp3) is 0.333. The van der Waals surface area contributed by atoms with E-state index in [4.69, 9.17) is 0 Å². The van der Waals surface area contributed by atoms with Crippen LogP contribution in [0.4, 0.5) is 0 Å². The maximum atomic E-state index is 12.3. The second-order valence-corrected chi connectivity index (χ2v) is 7.70. The van der Waals surface area contributed by atoms with Crippen molar-refractivity contribution in [3.05, 3.63) is 60.2 Å². The highest BCUT2D eigenvalue weighted by Gasteiger charge is 2.22. The lowest BCUT2D eigenvalue weighted by atomic mass is 10.0. The Labute approximate surface area is 139 Å². The quantitative estimate of drug-likeness (QED) is 0.879. The van der Waals surface area contributed by atoms with Gasteiger partial charge >= 0.3 is 0 Å². The molecule has 0 heterocycles. The molecule has 0 aliphatic carbocycles. The minimum Gasteiger partial charge on any atom is -0.195 e. The van der Waals surface area contributed by atoms with Crippen molar-refractivity contribution < 1.29 is 8.42 Å². The van der Waals surface area contributed by atoms with E-state index in [-0.39, 0.29) is 12.1 Å². The summed E-state index contributed by atoms with van der Waals surface area (Å²) in [6.45, 7) is 5.54. The highest BCUT2D eigenvalue weighted by Crippen LogP contribution is 2.22. The van der Waals surface area contributed by atoms with Gasteiger partial charge in [0.15, 0.2) is 0 Å². The van der Waals surface area contributed by atoms with E-state index in [1.54, 1.807) is 7.05 Å². The van der Waals surface area contributed by atoms with E-state index in [2.05, 4.69) is 16.9 Å². The molecule has 2 aromatic rings. The van der Waals surface area contributed by atoms with Crippen molar-refractivity contribution in [2.75, 3.05) is 7.05 Å². The largest absolute Gasteiger partial charge is 0.279 e.